The van der Waals surface area contributed by atoms with E-state index in [9.17, 15) is 9.59 Å². The van der Waals surface area contributed by atoms with Gasteiger partial charge < -0.3 is 14.6 Å². The standard InChI is InChI=1S/C16H16N2O3/c1-11-16(20)18(10-13-8-5-9-21-13)14(15(19)17-11)12-6-3-2-4-7-12/h2-9,11,14H,10H2,1H3,(H,17,19). The first-order valence-electron chi connectivity index (χ1n) is 6.85. The minimum Gasteiger partial charge on any atom is -0.467 e. The third-order valence-electron chi connectivity index (χ3n) is 3.59. The normalized spacial score (nSPS) is 22.2. The monoisotopic (exact) mass is 284 g/mol. The lowest BCUT2D eigenvalue weighted by Gasteiger charge is -2.37. The van der Waals surface area contributed by atoms with Crippen LogP contribution >= 0.6 is 0 Å². The summed E-state index contributed by atoms with van der Waals surface area (Å²) in [6.45, 7) is 1.97. The van der Waals surface area contributed by atoms with E-state index in [4.69, 9.17) is 4.42 Å². The number of hydrogen-bond acceptors (Lipinski definition) is 3. The molecule has 1 aromatic heterocycles. The van der Waals surface area contributed by atoms with Crippen molar-refractivity contribution in [1.29, 1.82) is 0 Å². The van der Waals surface area contributed by atoms with Crippen molar-refractivity contribution in [3.8, 4) is 0 Å². The Kier molecular flexibility index (Phi) is 3.48. The third kappa shape index (κ3) is 2.54. The summed E-state index contributed by atoms with van der Waals surface area (Å²) in [6, 6.07) is 11.7. The number of amides is 2. The Bertz CT molecular complexity index is 637. The van der Waals surface area contributed by atoms with Crippen molar-refractivity contribution >= 4 is 11.8 Å². The molecular formula is C16H16N2O3. The molecule has 0 saturated carbocycles. The van der Waals surface area contributed by atoms with Gasteiger partial charge in [-0.1, -0.05) is 30.3 Å². The summed E-state index contributed by atoms with van der Waals surface area (Å²) in [5.41, 5.74) is 0.793. The number of nitrogens with one attached hydrogen (secondary N) is 1. The van der Waals surface area contributed by atoms with Gasteiger partial charge in [-0.3, -0.25) is 9.59 Å². The molecule has 0 spiro atoms. The fraction of sp³-hybridized carbons (Fsp3) is 0.250. The smallest absolute Gasteiger partial charge is 0.248 e. The summed E-state index contributed by atoms with van der Waals surface area (Å²) in [5.74, 6) is 0.380. The van der Waals surface area contributed by atoms with Crippen LogP contribution in [0.4, 0.5) is 0 Å². The molecule has 0 radical (unpaired) electrons. The molecule has 1 aromatic carbocycles. The molecule has 5 nitrogen and oxygen atoms in total. The van der Waals surface area contributed by atoms with Crippen molar-refractivity contribution in [2.24, 2.45) is 0 Å². The highest BCUT2D eigenvalue weighted by Crippen LogP contribution is 2.27. The lowest BCUT2D eigenvalue weighted by molar-refractivity contribution is -0.150. The second-order valence-electron chi connectivity index (χ2n) is 5.09. The zero-order valence-corrected chi connectivity index (χ0v) is 11.7. The van der Waals surface area contributed by atoms with Gasteiger partial charge in [-0.2, -0.15) is 0 Å². The van der Waals surface area contributed by atoms with Gasteiger partial charge in [0.15, 0.2) is 0 Å². The van der Waals surface area contributed by atoms with Gasteiger partial charge in [0.25, 0.3) is 0 Å². The number of piperazine rings is 1. The van der Waals surface area contributed by atoms with Gasteiger partial charge in [-0.25, -0.2) is 0 Å². The summed E-state index contributed by atoms with van der Waals surface area (Å²) in [6.07, 6.45) is 1.56. The summed E-state index contributed by atoms with van der Waals surface area (Å²) in [4.78, 5) is 26.4. The molecule has 3 rings (SSSR count). The predicted molar refractivity (Wildman–Crippen MR) is 76.0 cm³/mol. The van der Waals surface area contributed by atoms with Crippen LogP contribution < -0.4 is 5.32 Å². The van der Waals surface area contributed by atoms with E-state index in [0.29, 0.717) is 5.76 Å². The van der Waals surface area contributed by atoms with Gasteiger partial charge in [0.05, 0.1) is 12.8 Å². The molecule has 2 amide bonds. The molecule has 1 aliphatic rings. The van der Waals surface area contributed by atoms with Gasteiger partial charge in [0, 0.05) is 0 Å². The van der Waals surface area contributed by atoms with Gasteiger partial charge in [-0.15, -0.1) is 0 Å². The maximum Gasteiger partial charge on any atom is 0.248 e. The van der Waals surface area contributed by atoms with E-state index in [0.717, 1.165) is 5.56 Å². The molecule has 5 heteroatoms. The van der Waals surface area contributed by atoms with E-state index in [1.807, 2.05) is 30.3 Å². The minimum atomic E-state index is -0.625. The Morgan fingerprint density at radius 3 is 2.57 bits per heavy atom. The van der Waals surface area contributed by atoms with Crippen molar-refractivity contribution < 1.29 is 14.0 Å². The number of carbonyl (C=O) groups excluding carboxylic acids is 2. The lowest BCUT2D eigenvalue weighted by atomic mass is 10.00. The Morgan fingerprint density at radius 1 is 1.14 bits per heavy atom. The molecule has 2 heterocycles. The van der Waals surface area contributed by atoms with Crippen LogP contribution in [-0.4, -0.2) is 22.8 Å². The fourth-order valence-electron chi connectivity index (χ4n) is 2.58. The summed E-state index contributed by atoms with van der Waals surface area (Å²) >= 11 is 0. The average Bonchev–Trinajstić information content (AvgIpc) is 2.98. The number of furan rings is 1. The molecular weight excluding hydrogens is 268 g/mol. The number of hydrogen-bond donors (Lipinski definition) is 1. The lowest BCUT2D eigenvalue weighted by Crippen LogP contribution is -2.57. The number of carbonyl (C=O) groups is 2. The largest absolute Gasteiger partial charge is 0.467 e. The molecule has 2 aromatic rings. The van der Waals surface area contributed by atoms with E-state index in [-0.39, 0.29) is 18.4 Å². The topological polar surface area (TPSA) is 62.6 Å². The van der Waals surface area contributed by atoms with Crippen LogP contribution in [0.5, 0.6) is 0 Å². The van der Waals surface area contributed by atoms with Gasteiger partial charge in [0.1, 0.15) is 17.8 Å². The molecule has 1 aliphatic heterocycles. The average molecular weight is 284 g/mol. The molecule has 1 fully saturated rings. The van der Waals surface area contributed by atoms with Crippen LogP contribution in [0.3, 0.4) is 0 Å². The Labute approximate surface area is 122 Å². The minimum absolute atomic E-state index is 0.111. The first kappa shape index (κ1) is 13.4. The van der Waals surface area contributed by atoms with E-state index in [2.05, 4.69) is 5.32 Å². The van der Waals surface area contributed by atoms with Crippen LogP contribution in [0, 0.1) is 0 Å². The molecule has 1 N–H and O–H groups in total. The van der Waals surface area contributed by atoms with Crippen LogP contribution in [-0.2, 0) is 16.1 Å². The van der Waals surface area contributed by atoms with E-state index in [1.54, 1.807) is 30.2 Å². The van der Waals surface area contributed by atoms with Crippen LogP contribution in [0.2, 0.25) is 0 Å². The van der Waals surface area contributed by atoms with Crippen LogP contribution in [0.15, 0.2) is 53.1 Å². The first-order valence-corrected chi connectivity index (χ1v) is 6.85. The quantitative estimate of drug-likeness (QED) is 0.936. The second kappa shape index (κ2) is 5.44. The summed E-state index contributed by atoms with van der Waals surface area (Å²) < 4.78 is 5.31. The highest BCUT2D eigenvalue weighted by Gasteiger charge is 2.39. The summed E-state index contributed by atoms with van der Waals surface area (Å²) in [5, 5.41) is 2.73. The van der Waals surface area contributed by atoms with Gasteiger partial charge >= 0.3 is 0 Å². The van der Waals surface area contributed by atoms with Crippen LogP contribution in [0.1, 0.15) is 24.3 Å². The number of nitrogens with zero attached hydrogens (tertiary/aromatic N) is 1. The number of benzene rings is 1. The van der Waals surface area contributed by atoms with E-state index in [1.165, 1.54) is 0 Å². The fourth-order valence-corrected chi connectivity index (χ4v) is 2.58. The number of rotatable bonds is 3. The Balaban J connectivity index is 1.96. The SMILES string of the molecule is CC1NC(=O)C(c2ccccc2)N(Cc2ccco2)C1=O. The predicted octanol–water partition coefficient (Wildman–Crippen LogP) is 1.87. The summed E-state index contributed by atoms with van der Waals surface area (Å²) in [7, 11) is 0. The van der Waals surface area contributed by atoms with Crippen molar-refractivity contribution in [2.45, 2.75) is 25.6 Å². The van der Waals surface area contributed by atoms with Gasteiger partial charge in [0.2, 0.25) is 11.8 Å². The van der Waals surface area contributed by atoms with E-state index >= 15 is 0 Å². The second-order valence-corrected chi connectivity index (χ2v) is 5.09. The van der Waals surface area contributed by atoms with Gasteiger partial charge in [-0.05, 0) is 24.6 Å². The highest BCUT2D eigenvalue weighted by molar-refractivity contribution is 5.97. The Hall–Kier alpha value is -2.56. The maximum atomic E-state index is 12.5. The van der Waals surface area contributed by atoms with Crippen molar-refractivity contribution in [3.05, 3.63) is 60.1 Å². The van der Waals surface area contributed by atoms with Crippen molar-refractivity contribution in [2.75, 3.05) is 0 Å². The zero-order valence-electron chi connectivity index (χ0n) is 11.7. The molecule has 2 atom stereocenters. The Morgan fingerprint density at radius 2 is 1.90 bits per heavy atom. The zero-order chi connectivity index (χ0) is 14.8. The molecule has 1 saturated heterocycles. The van der Waals surface area contributed by atoms with Crippen LogP contribution in [0.25, 0.3) is 0 Å². The van der Waals surface area contributed by atoms with Crippen molar-refractivity contribution in [3.63, 3.8) is 0 Å². The van der Waals surface area contributed by atoms with Crippen molar-refractivity contribution in [1.82, 2.24) is 10.2 Å². The molecule has 0 aliphatic carbocycles. The van der Waals surface area contributed by atoms with E-state index < -0.39 is 12.1 Å². The first-order chi connectivity index (χ1) is 10.2. The molecule has 21 heavy (non-hydrogen) atoms. The molecule has 108 valence electrons. The highest BCUT2D eigenvalue weighted by atomic mass is 16.3. The third-order valence-corrected chi connectivity index (χ3v) is 3.59. The maximum absolute atomic E-state index is 12.5. The molecule has 2 unspecified atom stereocenters. The molecule has 0 bridgehead atoms.